The largest absolute Gasteiger partial charge is 0.378 e. The van der Waals surface area contributed by atoms with Crippen molar-refractivity contribution in [1.82, 2.24) is 15.0 Å². The molecule has 4 heterocycles. The normalized spacial score (nSPS) is 20.4. The molecule has 0 N–H and O–H groups in total. The van der Waals surface area contributed by atoms with E-state index in [1.165, 1.54) is 6.42 Å². The summed E-state index contributed by atoms with van der Waals surface area (Å²) < 4.78 is 20.4. The number of halogens is 1. The molecule has 0 saturated carbocycles. The van der Waals surface area contributed by atoms with Crippen molar-refractivity contribution in [2.45, 2.75) is 19.3 Å². The van der Waals surface area contributed by atoms with Crippen LogP contribution in [0.15, 0.2) is 29.4 Å². The smallest absolute Gasteiger partial charge is 0.147 e. The minimum Gasteiger partial charge on any atom is -0.378 e. The van der Waals surface area contributed by atoms with Crippen LogP contribution in [0.2, 0.25) is 0 Å². The zero-order valence-corrected chi connectivity index (χ0v) is 17.1. The van der Waals surface area contributed by atoms with E-state index in [-0.39, 0.29) is 5.82 Å². The SMILES string of the molecule is Fc1cc2c(N3CCCC(Cc4cscn4)C3)ncnc2cc1N1CCOCC1. The molecule has 152 valence electrons. The van der Waals surface area contributed by atoms with Gasteiger partial charge in [-0.2, -0.15) is 0 Å². The zero-order valence-electron chi connectivity index (χ0n) is 16.3. The van der Waals surface area contributed by atoms with Crippen LogP contribution in [0.5, 0.6) is 0 Å². The topological polar surface area (TPSA) is 54.4 Å². The number of hydrogen-bond acceptors (Lipinski definition) is 7. The van der Waals surface area contributed by atoms with Gasteiger partial charge in [0.2, 0.25) is 0 Å². The highest BCUT2D eigenvalue weighted by molar-refractivity contribution is 7.07. The minimum atomic E-state index is -0.216. The molecule has 2 aromatic heterocycles. The fraction of sp³-hybridized carbons (Fsp3) is 0.476. The van der Waals surface area contributed by atoms with Crippen molar-refractivity contribution in [2.24, 2.45) is 5.92 Å². The molecule has 2 aliphatic rings. The number of rotatable bonds is 4. The number of fused-ring (bicyclic) bond motifs is 1. The number of ether oxygens (including phenoxy) is 1. The Morgan fingerprint density at radius 3 is 2.83 bits per heavy atom. The molecule has 2 saturated heterocycles. The molecular formula is C21H24FN5OS. The lowest BCUT2D eigenvalue weighted by Crippen LogP contribution is -2.37. The van der Waals surface area contributed by atoms with Gasteiger partial charge in [0.05, 0.1) is 35.6 Å². The van der Waals surface area contributed by atoms with Crippen molar-refractivity contribution in [3.05, 3.63) is 40.9 Å². The molecule has 0 aliphatic carbocycles. The second-order valence-electron chi connectivity index (χ2n) is 7.76. The van der Waals surface area contributed by atoms with E-state index < -0.39 is 0 Å². The Hall–Kier alpha value is -2.32. The number of benzene rings is 1. The first kappa shape index (κ1) is 18.7. The predicted molar refractivity (Wildman–Crippen MR) is 113 cm³/mol. The Bertz CT molecular complexity index is 977. The van der Waals surface area contributed by atoms with Crippen LogP contribution in [0.1, 0.15) is 18.5 Å². The maximum absolute atomic E-state index is 15.0. The van der Waals surface area contributed by atoms with Gasteiger partial charge in [-0.05, 0) is 37.3 Å². The number of anilines is 2. The average Bonchev–Trinajstić information content (AvgIpc) is 3.27. The number of piperidine rings is 1. The number of hydrogen-bond donors (Lipinski definition) is 0. The highest BCUT2D eigenvalue weighted by Gasteiger charge is 2.24. The molecule has 3 aromatic rings. The first-order chi connectivity index (χ1) is 14.3. The predicted octanol–water partition coefficient (Wildman–Crippen LogP) is 3.52. The Kier molecular flexibility index (Phi) is 5.28. The van der Waals surface area contributed by atoms with Gasteiger partial charge in [0.25, 0.3) is 0 Å². The Morgan fingerprint density at radius 2 is 2.00 bits per heavy atom. The van der Waals surface area contributed by atoms with Gasteiger partial charge in [0.1, 0.15) is 18.0 Å². The van der Waals surface area contributed by atoms with Gasteiger partial charge < -0.3 is 14.5 Å². The molecule has 5 rings (SSSR count). The summed E-state index contributed by atoms with van der Waals surface area (Å²) >= 11 is 1.64. The molecular weight excluding hydrogens is 389 g/mol. The van der Waals surface area contributed by atoms with Crippen LogP contribution in [-0.4, -0.2) is 54.3 Å². The number of thiazole rings is 1. The third kappa shape index (κ3) is 3.91. The molecule has 8 heteroatoms. The Balaban J connectivity index is 1.43. The molecule has 0 spiro atoms. The second kappa shape index (κ2) is 8.20. The molecule has 29 heavy (non-hydrogen) atoms. The number of morpholine rings is 1. The molecule has 0 radical (unpaired) electrons. The lowest BCUT2D eigenvalue weighted by molar-refractivity contribution is 0.122. The fourth-order valence-corrected chi connectivity index (χ4v) is 4.98. The first-order valence-corrected chi connectivity index (χ1v) is 11.1. The van der Waals surface area contributed by atoms with Crippen LogP contribution in [0.4, 0.5) is 15.9 Å². The Labute approximate surface area is 173 Å². The maximum atomic E-state index is 15.0. The van der Waals surface area contributed by atoms with Crippen molar-refractivity contribution in [1.29, 1.82) is 0 Å². The van der Waals surface area contributed by atoms with Crippen molar-refractivity contribution in [3.63, 3.8) is 0 Å². The van der Waals surface area contributed by atoms with Gasteiger partial charge in [-0.25, -0.2) is 19.3 Å². The van der Waals surface area contributed by atoms with Crippen molar-refractivity contribution < 1.29 is 9.13 Å². The maximum Gasteiger partial charge on any atom is 0.147 e. The van der Waals surface area contributed by atoms with E-state index in [1.807, 2.05) is 16.5 Å². The van der Waals surface area contributed by atoms with Crippen molar-refractivity contribution in [2.75, 3.05) is 49.2 Å². The van der Waals surface area contributed by atoms with Gasteiger partial charge in [0.15, 0.2) is 0 Å². The van der Waals surface area contributed by atoms with E-state index >= 15 is 4.39 Å². The van der Waals surface area contributed by atoms with E-state index in [9.17, 15) is 0 Å². The van der Waals surface area contributed by atoms with E-state index in [0.29, 0.717) is 37.9 Å². The van der Waals surface area contributed by atoms with Gasteiger partial charge in [-0.15, -0.1) is 11.3 Å². The van der Waals surface area contributed by atoms with E-state index in [1.54, 1.807) is 23.7 Å². The highest BCUT2D eigenvalue weighted by atomic mass is 32.1. The van der Waals surface area contributed by atoms with E-state index in [0.717, 1.165) is 48.3 Å². The first-order valence-electron chi connectivity index (χ1n) is 10.2. The summed E-state index contributed by atoms with van der Waals surface area (Å²) in [6, 6.07) is 3.47. The van der Waals surface area contributed by atoms with Crippen LogP contribution < -0.4 is 9.80 Å². The number of aromatic nitrogens is 3. The summed E-state index contributed by atoms with van der Waals surface area (Å²) in [5, 5.41) is 2.91. The van der Waals surface area contributed by atoms with Gasteiger partial charge in [-0.3, -0.25) is 0 Å². The summed E-state index contributed by atoms with van der Waals surface area (Å²) in [5.41, 5.74) is 4.45. The van der Waals surface area contributed by atoms with Gasteiger partial charge >= 0.3 is 0 Å². The third-order valence-electron chi connectivity index (χ3n) is 5.83. The molecule has 2 aliphatic heterocycles. The summed E-state index contributed by atoms with van der Waals surface area (Å²) in [6.45, 7) is 4.50. The molecule has 1 unspecified atom stereocenters. The lowest BCUT2D eigenvalue weighted by Gasteiger charge is -2.34. The third-order valence-corrected chi connectivity index (χ3v) is 6.47. The quantitative estimate of drug-likeness (QED) is 0.652. The van der Waals surface area contributed by atoms with E-state index in [4.69, 9.17) is 4.74 Å². The van der Waals surface area contributed by atoms with Crippen molar-refractivity contribution in [3.8, 4) is 0 Å². The highest BCUT2D eigenvalue weighted by Crippen LogP contribution is 2.32. The zero-order chi connectivity index (χ0) is 19.6. The van der Waals surface area contributed by atoms with Crippen LogP contribution in [-0.2, 0) is 11.2 Å². The Morgan fingerprint density at radius 1 is 1.10 bits per heavy atom. The van der Waals surface area contributed by atoms with Crippen LogP contribution >= 0.6 is 11.3 Å². The summed E-state index contributed by atoms with van der Waals surface area (Å²) in [5.74, 6) is 1.16. The minimum absolute atomic E-state index is 0.216. The van der Waals surface area contributed by atoms with Crippen LogP contribution in [0.25, 0.3) is 10.9 Å². The fourth-order valence-electron chi connectivity index (χ4n) is 4.41. The molecule has 0 bridgehead atoms. The summed E-state index contributed by atoms with van der Waals surface area (Å²) in [6.07, 6.45) is 4.88. The molecule has 1 aromatic carbocycles. The summed E-state index contributed by atoms with van der Waals surface area (Å²) in [4.78, 5) is 17.7. The number of nitrogens with zero attached hydrogens (tertiary/aromatic N) is 5. The molecule has 1 atom stereocenters. The molecule has 2 fully saturated rings. The van der Waals surface area contributed by atoms with Gasteiger partial charge in [-0.1, -0.05) is 0 Å². The standard InChI is InChI=1S/C21H24FN5OS/c22-18-9-17-19(10-20(18)26-4-6-28-7-5-26)23-13-24-21(17)27-3-1-2-15(11-27)8-16-12-29-14-25-16/h9-10,12-15H,1-8,11H2. The lowest BCUT2D eigenvalue weighted by atomic mass is 9.93. The summed E-state index contributed by atoms with van der Waals surface area (Å²) in [7, 11) is 0. The molecule has 6 nitrogen and oxygen atoms in total. The van der Waals surface area contributed by atoms with Gasteiger partial charge in [0, 0.05) is 36.9 Å². The van der Waals surface area contributed by atoms with Crippen LogP contribution in [0.3, 0.4) is 0 Å². The monoisotopic (exact) mass is 413 g/mol. The van der Waals surface area contributed by atoms with E-state index in [2.05, 4.69) is 25.2 Å². The molecule has 0 amide bonds. The van der Waals surface area contributed by atoms with Crippen molar-refractivity contribution >= 4 is 33.7 Å². The average molecular weight is 414 g/mol. The second-order valence-corrected chi connectivity index (χ2v) is 8.47. The van der Waals surface area contributed by atoms with Crippen LogP contribution in [0, 0.1) is 11.7 Å².